The monoisotopic (exact) mass is 349 g/mol. The van der Waals surface area contributed by atoms with Crippen LogP contribution in [0.25, 0.3) is 6.08 Å². The number of carbonyl (C=O) groups excluding carboxylic acids is 2. The molecule has 0 atom stereocenters. The van der Waals surface area contributed by atoms with E-state index in [0.29, 0.717) is 24.7 Å². The van der Waals surface area contributed by atoms with Crippen LogP contribution in [-0.2, 0) is 14.3 Å². The fraction of sp³-hybridized carbons (Fsp3) is 0.474. The smallest absolute Gasteiger partial charge is 0.331 e. The first-order chi connectivity index (χ1) is 11.7. The number of carbonyl (C=O) groups is 2. The molecule has 0 aliphatic rings. The van der Waals surface area contributed by atoms with Crippen molar-refractivity contribution in [2.24, 2.45) is 0 Å². The minimum atomic E-state index is -0.587. The molecule has 1 amide bonds. The summed E-state index contributed by atoms with van der Waals surface area (Å²) in [4.78, 5) is 23.3. The van der Waals surface area contributed by atoms with Crippen LogP contribution >= 0.6 is 0 Å². The Morgan fingerprint density at radius 2 is 1.72 bits per heavy atom. The second-order valence-corrected chi connectivity index (χ2v) is 6.31. The van der Waals surface area contributed by atoms with Gasteiger partial charge >= 0.3 is 5.97 Å². The molecule has 0 bridgehead atoms. The van der Waals surface area contributed by atoms with Crippen LogP contribution in [0.3, 0.4) is 0 Å². The lowest BCUT2D eigenvalue weighted by Crippen LogP contribution is -2.42. The Hall–Kier alpha value is -2.50. The predicted octanol–water partition coefficient (Wildman–Crippen LogP) is 2.96. The number of benzene rings is 1. The van der Waals surface area contributed by atoms with Gasteiger partial charge in [0.1, 0.15) is 0 Å². The van der Waals surface area contributed by atoms with Crippen molar-refractivity contribution in [1.82, 2.24) is 5.32 Å². The molecule has 0 aliphatic heterocycles. The molecule has 1 aromatic carbocycles. The molecule has 6 nitrogen and oxygen atoms in total. The third-order valence-electron chi connectivity index (χ3n) is 2.84. The van der Waals surface area contributed by atoms with Crippen molar-refractivity contribution < 1.29 is 23.8 Å². The van der Waals surface area contributed by atoms with Crippen LogP contribution in [-0.4, -0.2) is 37.2 Å². The van der Waals surface area contributed by atoms with Crippen molar-refractivity contribution in [3.63, 3.8) is 0 Å². The van der Waals surface area contributed by atoms with E-state index in [1.807, 2.05) is 40.7 Å². The van der Waals surface area contributed by atoms with E-state index in [-0.39, 0.29) is 18.1 Å². The number of hydrogen-bond acceptors (Lipinski definition) is 5. The summed E-state index contributed by atoms with van der Waals surface area (Å²) in [6, 6.07) is 5.38. The molecule has 0 aromatic heterocycles. The van der Waals surface area contributed by atoms with Gasteiger partial charge in [0.05, 0.1) is 13.2 Å². The highest BCUT2D eigenvalue weighted by Gasteiger charge is 2.14. The summed E-state index contributed by atoms with van der Waals surface area (Å²) < 4.78 is 15.9. The van der Waals surface area contributed by atoms with E-state index in [1.165, 1.54) is 6.08 Å². The van der Waals surface area contributed by atoms with Crippen molar-refractivity contribution in [3.8, 4) is 11.5 Å². The minimum Gasteiger partial charge on any atom is -0.490 e. The number of rotatable bonds is 8. The molecule has 0 radical (unpaired) electrons. The van der Waals surface area contributed by atoms with Crippen LogP contribution in [0.15, 0.2) is 24.3 Å². The Bertz CT molecular complexity index is 617. The Kier molecular flexibility index (Phi) is 7.98. The van der Waals surface area contributed by atoms with E-state index >= 15 is 0 Å². The maximum absolute atomic E-state index is 11.7. The summed E-state index contributed by atoms with van der Waals surface area (Å²) in [5, 5.41) is 2.72. The molecular formula is C19H27NO5. The molecule has 1 rings (SSSR count). The van der Waals surface area contributed by atoms with Gasteiger partial charge in [-0.2, -0.15) is 0 Å². The van der Waals surface area contributed by atoms with E-state index < -0.39 is 5.97 Å². The molecule has 1 N–H and O–H groups in total. The van der Waals surface area contributed by atoms with Gasteiger partial charge < -0.3 is 19.5 Å². The largest absolute Gasteiger partial charge is 0.490 e. The Labute approximate surface area is 149 Å². The van der Waals surface area contributed by atoms with Crippen LogP contribution in [0.4, 0.5) is 0 Å². The lowest BCUT2D eigenvalue weighted by molar-refractivity contribution is -0.144. The Morgan fingerprint density at radius 1 is 1.08 bits per heavy atom. The maximum Gasteiger partial charge on any atom is 0.331 e. The number of amides is 1. The molecule has 25 heavy (non-hydrogen) atoms. The van der Waals surface area contributed by atoms with Crippen molar-refractivity contribution in [2.75, 3.05) is 19.8 Å². The fourth-order valence-corrected chi connectivity index (χ4v) is 1.97. The second-order valence-electron chi connectivity index (χ2n) is 6.31. The van der Waals surface area contributed by atoms with E-state index in [4.69, 9.17) is 14.2 Å². The molecule has 0 saturated heterocycles. The van der Waals surface area contributed by atoms with Gasteiger partial charge in [0.2, 0.25) is 0 Å². The van der Waals surface area contributed by atoms with E-state index in [1.54, 1.807) is 18.2 Å². The molecule has 0 aliphatic carbocycles. The lowest BCUT2D eigenvalue weighted by Gasteiger charge is -2.20. The van der Waals surface area contributed by atoms with Crippen LogP contribution in [0.5, 0.6) is 11.5 Å². The van der Waals surface area contributed by atoms with Crippen molar-refractivity contribution in [2.45, 2.75) is 40.2 Å². The third-order valence-corrected chi connectivity index (χ3v) is 2.84. The van der Waals surface area contributed by atoms with Gasteiger partial charge in [0.25, 0.3) is 5.91 Å². The second kappa shape index (κ2) is 9.71. The van der Waals surface area contributed by atoms with Crippen LogP contribution in [0.2, 0.25) is 0 Å². The molecule has 0 fully saturated rings. The highest BCUT2D eigenvalue weighted by molar-refractivity contribution is 5.89. The number of ether oxygens (including phenoxy) is 3. The van der Waals surface area contributed by atoms with Crippen molar-refractivity contribution in [3.05, 3.63) is 29.8 Å². The van der Waals surface area contributed by atoms with Crippen LogP contribution in [0, 0.1) is 0 Å². The minimum absolute atomic E-state index is 0.312. The molecule has 6 heteroatoms. The standard InChI is InChI=1S/C19H27NO5/c1-6-23-15-10-8-14(12-16(15)24-7-2)9-11-18(22)25-13-17(21)20-19(3,4)5/h8-12H,6-7,13H2,1-5H3,(H,20,21)/b11-9+. The van der Waals surface area contributed by atoms with Crippen LogP contribution < -0.4 is 14.8 Å². The van der Waals surface area contributed by atoms with Gasteiger partial charge in [0.15, 0.2) is 18.1 Å². The lowest BCUT2D eigenvalue weighted by atomic mass is 10.1. The summed E-state index contributed by atoms with van der Waals surface area (Å²) in [5.41, 5.74) is 0.403. The number of hydrogen-bond donors (Lipinski definition) is 1. The van der Waals surface area contributed by atoms with E-state index in [0.717, 1.165) is 5.56 Å². The predicted molar refractivity (Wildman–Crippen MR) is 96.7 cm³/mol. The molecule has 0 heterocycles. The topological polar surface area (TPSA) is 73.9 Å². The first-order valence-corrected chi connectivity index (χ1v) is 8.30. The van der Waals surface area contributed by atoms with Gasteiger partial charge in [-0.15, -0.1) is 0 Å². The van der Waals surface area contributed by atoms with Gasteiger partial charge in [-0.3, -0.25) is 4.79 Å². The molecule has 0 unspecified atom stereocenters. The Balaban J connectivity index is 2.63. The molecule has 138 valence electrons. The quantitative estimate of drug-likeness (QED) is 0.577. The van der Waals surface area contributed by atoms with Gasteiger partial charge in [-0.25, -0.2) is 4.79 Å². The SMILES string of the molecule is CCOc1ccc(/C=C/C(=O)OCC(=O)NC(C)(C)C)cc1OCC. The molecule has 0 saturated carbocycles. The van der Waals surface area contributed by atoms with Crippen molar-refractivity contribution in [1.29, 1.82) is 0 Å². The number of esters is 1. The van der Waals surface area contributed by atoms with E-state index in [9.17, 15) is 9.59 Å². The van der Waals surface area contributed by atoms with Crippen LogP contribution in [0.1, 0.15) is 40.2 Å². The molecule has 0 spiro atoms. The fourth-order valence-electron chi connectivity index (χ4n) is 1.97. The van der Waals surface area contributed by atoms with Gasteiger partial charge in [0, 0.05) is 11.6 Å². The average molecular weight is 349 g/mol. The molecular weight excluding hydrogens is 322 g/mol. The highest BCUT2D eigenvalue weighted by Crippen LogP contribution is 2.28. The van der Waals surface area contributed by atoms with Gasteiger partial charge in [-0.1, -0.05) is 6.07 Å². The Morgan fingerprint density at radius 3 is 2.32 bits per heavy atom. The zero-order valence-electron chi connectivity index (χ0n) is 15.5. The summed E-state index contributed by atoms with van der Waals surface area (Å²) >= 11 is 0. The third kappa shape index (κ3) is 8.24. The highest BCUT2D eigenvalue weighted by atomic mass is 16.5. The first kappa shape index (κ1) is 20.5. The van der Waals surface area contributed by atoms with Crippen molar-refractivity contribution >= 4 is 18.0 Å². The summed E-state index contributed by atoms with van der Waals surface area (Å²) in [7, 11) is 0. The first-order valence-electron chi connectivity index (χ1n) is 8.30. The normalized spacial score (nSPS) is 11.2. The number of nitrogens with one attached hydrogen (secondary N) is 1. The molecule has 1 aromatic rings. The van der Waals surface area contributed by atoms with E-state index in [2.05, 4.69) is 5.32 Å². The zero-order chi connectivity index (χ0) is 18.9. The van der Waals surface area contributed by atoms with Gasteiger partial charge in [-0.05, 0) is 58.4 Å². The maximum atomic E-state index is 11.7. The average Bonchev–Trinajstić information content (AvgIpc) is 2.52. The summed E-state index contributed by atoms with van der Waals surface area (Å²) in [5.74, 6) is 0.345. The summed E-state index contributed by atoms with van der Waals surface area (Å²) in [6.45, 7) is 10.1. The zero-order valence-corrected chi connectivity index (χ0v) is 15.5. The summed E-state index contributed by atoms with van der Waals surface area (Å²) in [6.07, 6.45) is 2.87.